The van der Waals surface area contributed by atoms with Gasteiger partial charge in [0.25, 0.3) is 0 Å². The molecular formula is C21H36N2O3. The van der Waals surface area contributed by atoms with Gasteiger partial charge in [-0.15, -0.1) is 0 Å². The molecule has 5 nitrogen and oxygen atoms in total. The van der Waals surface area contributed by atoms with Crippen LogP contribution in [0.5, 0.6) is 11.5 Å². The Morgan fingerprint density at radius 2 is 1.77 bits per heavy atom. The third-order valence-electron chi connectivity index (χ3n) is 4.61. The molecule has 0 saturated carbocycles. The average Bonchev–Trinajstić information content (AvgIpc) is 2.65. The van der Waals surface area contributed by atoms with Crippen LogP contribution >= 0.6 is 0 Å². The predicted octanol–water partition coefficient (Wildman–Crippen LogP) is 3.46. The topological polar surface area (TPSA) is 42.0 Å². The Kier molecular flexibility index (Phi) is 10.1. The summed E-state index contributed by atoms with van der Waals surface area (Å²) in [5, 5.41) is 0. The number of aryl methyl sites for hydroxylation is 1. The molecule has 0 saturated heterocycles. The zero-order valence-corrected chi connectivity index (χ0v) is 17.4. The standard InChI is InChI=1S/C21H36N2O3/c1-7-22(8-2)13-14-23(16-17(3)4)21(24)12-9-18-15-19(25-5)10-11-20(18)26-6/h10-11,15,17H,7-9,12-14,16H2,1-6H3. The van der Waals surface area contributed by atoms with E-state index < -0.39 is 0 Å². The van der Waals surface area contributed by atoms with Gasteiger partial charge in [-0.3, -0.25) is 4.79 Å². The smallest absolute Gasteiger partial charge is 0.222 e. The molecule has 1 aromatic carbocycles. The lowest BCUT2D eigenvalue weighted by Gasteiger charge is -2.28. The molecule has 1 rings (SSSR count). The Labute approximate surface area is 159 Å². The molecule has 0 unspecified atom stereocenters. The summed E-state index contributed by atoms with van der Waals surface area (Å²) in [6, 6.07) is 5.72. The molecule has 0 aromatic heterocycles. The molecular weight excluding hydrogens is 328 g/mol. The lowest BCUT2D eigenvalue weighted by atomic mass is 10.1. The molecule has 0 bridgehead atoms. The van der Waals surface area contributed by atoms with E-state index in [1.54, 1.807) is 14.2 Å². The third-order valence-corrected chi connectivity index (χ3v) is 4.61. The van der Waals surface area contributed by atoms with Gasteiger partial charge < -0.3 is 19.3 Å². The van der Waals surface area contributed by atoms with Gasteiger partial charge in [0, 0.05) is 26.1 Å². The van der Waals surface area contributed by atoms with Crippen LogP contribution in [0.3, 0.4) is 0 Å². The van der Waals surface area contributed by atoms with E-state index >= 15 is 0 Å². The van der Waals surface area contributed by atoms with Gasteiger partial charge >= 0.3 is 0 Å². The highest BCUT2D eigenvalue weighted by Gasteiger charge is 2.17. The lowest BCUT2D eigenvalue weighted by Crippen LogP contribution is -2.40. The molecule has 0 fully saturated rings. The molecule has 0 aliphatic carbocycles. The maximum absolute atomic E-state index is 12.8. The van der Waals surface area contributed by atoms with Crippen LogP contribution in [0.4, 0.5) is 0 Å². The number of benzene rings is 1. The van der Waals surface area contributed by atoms with Crippen molar-refractivity contribution >= 4 is 5.91 Å². The normalized spacial score (nSPS) is 11.1. The summed E-state index contributed by atoms with van der Waals surface area (Å²) in [4.78, 5) is 17.2. The summed E-state index contributed by atoms with van der Waals surface area (Å²) in [5.41, 5.74) is 1.01. The van der Waals surface area contributed by atoms with Gasteiger partial charge in [-0.05, 0) is 49.2 Å². The van der Waals surface area contributed by atoms with Crippen molar-refractivity contribution < 1.29 is 14.3 Å². The molecule has 0 heterocycles. The number of rotatable bonds is 12. The maximum Gasteiger partial charge on any atom is 0.222 e. The van der Waals surface area contributed by atoms with Gasteiger partial charge in [-0.2, -0.15) is 0 Å². The van der Waals surface area contributed by atoms with Crippen molar-refractivity contribution in [3.63, 3.8) is 0 Å². The number of nitrogens with zero attached hydrogens (tertiary/aromatic N) is 2. The summed E-state index contributed by atoms with van der Waals surface area (Å²) in [6.45, 7) is 13.2. The SMILES string of the molecule is CCN(CC)CCN(CC(C)C)C(=O)CCc1cc(OC)ccc1OC. The van der Waals surface area contributed by atoms with Crippen LogP contribution in [0.2, 0.25) is 0 Å². The molecule has 0 aliphatic rings. The van der Waals surface area contributed by atoms with Crippen molar-refractivity contribution in [2.75, 3.05) is 46.9 Å². The van der Waals surface area contributed by atoms with Crippen LogP contribution in [0.15, 0.2) is 18.2 Å². The van der Waals surface area contributed by atoms with Crippen LogP contribution in [-0.2, 0) is 11.2 Å². The second-order valence-corrected chi connectivity index (χ2v) is 6.94. The minimum Gasteiger partial charge on any atom is -0.497 e. The molecule has 1 aromatic rings. The summed E-state index contributed by atoms with van der Waals surface area (Å²) in [6.07, 6.45) is 1.13. The van der Waals surface area contributed by atoms with Gasteiger partial charge in [0.05, 0.1) is 14.2 Å². The zero-order chi connectivity index (χ0) is 19.5. The Morgan fingerprint density at radius 1 is 1.08 bits per heavy atom. The van der Waals surface area contributed by atoms with Gasteiger partial charge in [0.15, 0.2) is 0 Å². The van der Waals surface area contributed by atoms with Crippen molar-refractivity contribution in [2.45, 2.75) is 40.5 Å². The number of hydrogen-bond donors (Lipinski definition) is 0. The van der Waals surface area contributed by atoms with Crippen molar-refractivity contribution in [1.29, 1.82) is 0 Å². The van der Waals surface area contributed by atoms with E-state index in [4.69, 9.17) is 9.47 Å². The van der Waals surface area contributed by atoms with E-state index in [0.29, 0.717) is 18.8 Å². The molecule has 0 aliphatic heterocycles. The van der Waals surface area contributed by atoms with Crippen molar-refractivity contribution in [1.82, 2.24) is 9.80 Å². The Bertz CT molecular complexity index is 542. The van der Waals surface area contributed by atoms with Crippen molar-refractivity contribution in [2.24, 2.45) is 5.92 Å². The molecule has 26 heavy (non-hydrogen) atoms. The first-order valence-electron chi connectivity index (χ1n) is 9.66. The summed E-state index contributed by atoms with van der Waals surface area (Å²) in [5.74, 6) is 2.25. The van der Waals surface area contributed by atoms with Gasteiger partial charge in [-0.25, -0.2) is 0 Å². The first-order chi connectivity index (χ1) is 12.4. The molecule has 148 valence electrons. The fourth-order valence-corrected chi connectivity index (χ4v) is 3.04. The summed E-state index contributed by atoms with van der Waals surface area (Å²) in [7, 11) is 3.30. The molecule has 0 spiro atoms. The Morgan fingerprint density at radius 3 is 2.31 bits per heavy atom. The third kappa shape index (κ3) is 7.24. The van der Waals surface area contributed by atoms with Crippen LogP contribution in [0.25, 0.3) is 0 Å². The fourth-order valence-electron chi connectivity index (χ4n) is 3.04. The number of carbonyl (C=O) groups excluding carboxylic acids is 1. The van der Waals surface area contributed by atoms with E-state index in [1.807, 2.05) is 23.1 Å². The number of ether oxygens (including phenoxy) is 2. The summed E-state index contributed by atoms with van der Waals surface area (Å²) >= 11 is 0. The average molecular weight is 365 g/mol. The highest BCUT2D eigenvalue weighted by atomic mass is 16.5. The molecule has 5 heteroatoms. The number of likely N-dealkylation sites (N-methyl/N-ethyl adjacent to an activating group) is 1. The van der Waals surface area contributed by atoms with Gasteiger partial charge in [0.1, 0.15) is 11.5 Å². The quantitative estimate of drug-likeness (QED) is 0.570. The highest BCUT2D eigenvalue weighted by Crippen LogP contribution is 2.25. The molecule has 1 amide bonds. The second kappa shape index (κ2) is 11.8. The Balaban J connectivity index is 2.73. The van der Waals surface area contributed by atoms with E-state index in [9.17, 15) is 4.79 Å². The molecule has 0 atom stereocenters. The fraction of sp³-hybridized carbons (Fsp3) is 0.667. The van der Waals surface area contributed by atoms with Crippen LogP contribution in [0, 0.1) is 5.92 Å². The Hall–Kier alpha value is -1.75. The van der Waals surface area contributed by atoms with Crippen molar-refractivity contribution in [3.8, 4) is 11.5 Å². The van der Waals surface area contributed by atoms with E-state index in [2.05, 4.69) is 32.6 Å². The zero-order valence-electron chi connectivity index (χ0n) is 17.4. The van der Waals surface area contributed by atoms with Gasteiger partial charge in [0.2, 0.25) is 5.91 Å². The number of carbonyl (C=O) groups is 1. The van der Waals surface area contributed by atoms with E-state index in [0.717, 1.165) is 49.8 Å². The monoisotopic (exact) mass is 364 g/mol. The van der Waals surface area contributed by atoms with Crippen LogP contribution < -0.4 is 9.47 Å². The predicted molar refractivity (Wildman–Crippen MR) is 107 cm³/mol. The van der Waals surface area contributed by atoms with Crippen LogP contribution in [-0.4, -0.2) is 62.7 Å². The first kappa shape index (κ1) is 22.3. The molecule has 0 radical (unpaired) electrons. The van der Waals surface area contributed by atoms with E-state index in [1.165, 1.54) is 0 Å². The summed E-state index contributed by atoms with van der Waals surface area (Å²) < 4.78 is 10.7. The minimum atomic E-state index is 0.204. The molecule has 0 N–H and O–H groups in total. The highest BCUT2D eigenvalue weighted by molar-refractivity contribution is 5.76. The maximum atomic E-state index is 12.8. The van der Waals surface area contributed by atoms with Gasteiger partial charge in [-0.1, -0.05) is 27.7 Å². The number of methoxy groups -OCH3 is 2. The number of hydrogen-bond acceptors (Lipinski definition) is 4. The number of amides is 1. The minimum absolute atomic E-state index is 0.204. The largest absolute Gasteiger partial charge is 0.497 e. The van der Waals surface area contributed by atoms with Crippen molar-refractivity contribution in [3.05, 3.63) is 23.8 Å². The first-order valence-corrected chi connectivity index (χ1v) is 9.66. The lowest BCUT2D eigenvalue weighted by molar-refractivity contribution is -0.131. The van der Waals surface area contributed by atoms with E-state index in [-0.39, 0.29) is 5.91 Å². The second-order valence-electron chi connectivity index (χ2n) is 6.94. The van der Waals surface area contributed by atoms with Crippen LogP contribution in [0.1, 0.15) is 39.7 Å².